The van der Waals surface area contributed by atoms with Gasteiger partial charge in [-0.15, -0.1) is 0 Å². The van der Waals surface area contributed by atoms with E-state index in [1.807, 2.05) is 29.2 Å². The van der Waals surface area contributed by atoms with Crippen molar-refractivity contribution in [1.29, 1.82) is 0 Å². The van der Waals surface area contributed by atoms with E-state index in [1.54, 1.807) is 6.20 Å². The quantitative estimate of drug-likeness (QED) is 0.736. The zero-order valence-electron chi connectivity index (χ0n) is 16.0. The molecule has 0 bridgehead atoms. The highest BCUT2D eigenvalue weighted by Crippen LogP contribution is 2.21. The molecule has 3 rings (SSSR count). The van der Waals surface area contributed by atoms with Crippen molar-refractivity contribution in [3.8, 4) is 0 Å². The first-order valence-corrected chi connectivity index (χ1v) is 9.73. The second-order valence-electron chi connectivity index (χ2n) is 6.94. The Morgan fingerprint density at radius 1 is 1.15 bits per heavy atom. The standard InChI is InChI=1S/C21H29N5O/c1-2-3-10-23-18-8-6-17(7-9-18)16-20(27)25-12-14-26(15-13-25)21-19(22)5-4-11-24-21/h4-9,11,23H,2-3,10,12-16,22H2,1H3. The molecule has 6 heteroatoms. The molecular formula is C21H29N5O. The van der Waals surface area contributed by atoms with E-state index in [-0.39, 0.29) is 5.91 Å². The highest BCUT2D eigenvalue weighted by Gasteiger charge is 2.22. The van der Waals surface area contributed by atoms with E-state index in [9.17, 15) is 4.79 Å². The molecular weight excluding hydrogens is 338 g/mol. The molecule has 0 atom stereocenters. The van der Waals surface area contributed by atoms with Gasteiger partial charge < -0.3 is 20.9 Å². The number of nitrogens with one attached hydrogen (secondary N) is 1. The van der Waals surface area contributed by atoms with Gasteiger partial charge in [0, 0.05) is 44.6 Å². The van der Waals surface area contributed by atoms with Crippen molar-refractivity contribution in [2.45, 2.75) is 26.2 Å². The third kappa shape index (κ3) is 5.12. The normalized spacial score (nSPS) is 14.3. The van der Waals surface area contributed by atoms with Crippen molar-refractivity contribution in [3.05, 3.63) is 48.2 Å². The van der Waals surface area contributed by atoms with Gasteiger partial charge in [-0.05, 0) is 36.2 Å². The fourth-order valence-electron chi connectivity index (χ4n) is 3.28. The van der Waals surface area contributed by atoms with E-state index < -0.39 is 0 Å². The van der Waals surface area contributed by atoms with Gasteiger partial charge in [0.05, 0.1) is 12.1 Å². The number of piperazine rings is 1. The molecule has 27 heavy (non-hydrogen) atoms. The van der Waals surface area contributed by atoms with Gasteiger partial charge in [0.2, 0.25) is 5.91 Å². The molecule has 0 saturated carbocycles. The van der Waals surface area contributed by atoms with Gasteiger partial charge in [0.25, 0.3) is 0 Å². The smallest absolute Gasteiger partial charge is 0.227 e. The summed E-state index contributed by atoms with van der Waals surface area (Å²) in [6, 6.07) is 11.9. The maximum Gasteiger partial charge on any atom is 0.227 e. The molecule has 1 aromatic carbocycles. The topological polar surface area (TPSA) is 74.5 Å². The van der Waals surface area contributed by atoms with Crippen LogP contribution in [0.4, 0.5) is 17.2 Å². The molecule has 6 nitrogen and oxygen atoms in total. The number of rotatable bonds is 7. The molecule has 2 aromatic rings. The third-order valence-corrected chi connectivity index (χ3v) is 4.92. The van der Waals surface area contributed by atoms with Gasteiger partial charge in [0.15, 0.2) is 5.82 Å². The van der Waals surface area contributed by atoms with E-state index in [1.165, 1.54) is 6.42 Å². The number of amides is 1. The summed E-state index contributed by atoms with van der Waals surface area (Å²) < 4.78 is 0. The summed E-state index contributed by atoms with van der Waals surface area (Å²) in [5.41, 5.74) is 8.86. The first-order chi connectivity index (χ1) is 13.2. The minimum atomic E-state index is 0.176. The largest absolute Gasteiger partial charge is 0.396 e. The maximum absolute atomic E-state index is 12.6. The number of nitrogens with zero attached hydrogens (tertiary/aromatic N) is 3. The Balaban J connectivity index is 1.49. The fourth-order valence-corrected chi connectivity index (χ4v) is 3.28. The number of benzene rings is 1. The lowest BCUT2D eigenvalue weighted by Gasteiger charge is -2.35. The Bertz CT molecular complexity index is 738. The number of carbonyl (C=O) groups excluding carboxylic acids is 1. The predicted octanol–water partition coefficient (Wildman–Crippen LogP) is 2.77. The third-order valence-electron chi connectivity index (χ3n) is 4.92. The Labute approximate surface area is 161 Å². The average Bonchev–Trinajstić information content (AvgIpc) is 2.70. The number of hydrogen-bond acceptors (Lipinski definition) is 5. The van der Waals surface area contributed by atoms with Gasteiger partial charge in [-0.2, -0.15) is 0 Å². The minimum absolute atomic E-state index is 0.176. The molecule has 1 aliphatic rings. The van der Waals surface area contributed by atoms with Crippen molar-refractivity contribution in [2.75, 3.05) is 48.7 Å². The summed E-state index contributed by atoms with van der Waals surface area (Å²) in [6.45, 7) is 6.08. The lowest BCUT2D eigenvalue weighted by molar-refractivity contribution is -0.130. The lowest BCUT2D eigenvalue weighted by Crippen LogP contribution is -2.49. The van der Waals surface area contributed by atoms with Crippen molar-refractivity contribution in [1.82, 2.24) is 9.88 Å². The maximum atomic E-state index is 12.6. The van der Waals surface area contributed by atoms with Crippen LogP contribution >= 0.6 is 0 Å². The van der Waals surface area contributed by atoms with Gasteiger partial charge >= 0.3 is 0 Å². The van der Waals surface area contributed by atoms with Crippen LogP contribution in [0.25, 0.3) is 0 Å². The Kier molecular flexibility index (Phi) is 6.52. The van der Waals surface area contributed by atoms with Crippen LogP contribution < -0.4 is 16.0 Å². The molecule has 1 fully saturated rings. The van der Waals surface area contributed by atoms with Crippen molar-refractivity contribution in [3.63, 3.8) is 0 Å². The van der Waals surface area contributed by atoms with Crippen LogP contribution in [0.5, 0.6) is 0 Å². The first kappa shape index (κ1) is 19.0. The molecule has 1 aliphatic heterocycles. The molecule has 144 valence electrons. The number of pyridine rings is 1. The second-order valence-corrected chi connectivity index (χ2v) is 6.94. The lowest BCUT2D eigenvalue weighted by atomic mass is 10.1. The van der Waals surface area contributed by atoms with E-state index in [0.717, 1.165) is 43.1 Å². The second kappa shape index (κ2) is 9.26. The van der Waals surface area contributed by atoms with Crippen LogP contribution in [0.15, 0.2) is 42.6 Å². The molecule has 1 saturated heterocycles. The number of nitrogen functional groups attached to an aromatic ring is 1. The van der Waals surface area contributed by atoms with Crippen LogP contribution in [0, 0.1) is 0 Å². The number of aromatic nitrogens is 1. The number of unbranched alkanes of at least 4 members (excludes halogenated alkanes) is 1. The number of nitrogens with two attached hydrogens (primary N) is 1. The zero-order chi connectivity index (χ0) is 19.1. The highest BCUT2D eigenvalue weighted by molar-refractivity contribution is 5.79. The Morgan fingerprint density at radius 3 is 2.56 bits per heavy atom. The summed E-state index contributed by atoms with van der Waals surface area (Å²) in [5, 5.41) is 3.40. The van der Waals surface area contributed by atoms with Crippen LogP contribution in [-0.4, -0.2) is 48.5 Å². The van der Waals surface area contributed by atoms with Gasteiger partial charge in [0.1, 0.15) is 0 Å². The number of anilines is 3. The summed E-state index contributed by atoms with van der Waals surface area (Å²) in [6.07, 6.45) is 4.54. The molecule has 2 heterocycles. The fraction of sp³-hybridized carbons (Fsp3) is 0.429. The average molecular weight is 367 g/mol. The van der Waals surface area contributed by atoms with Gasteiger partial charge in [-0.3, -0.25) is 4.79 Å². The number of hydrogen-bond donors (Lipinski definition) is 2. The molecule has 1 amide bonds. The Morgan fingerprint density at radius 2 is 1.89 bits per heavy atom. The number of carbonyl (C=O) groups is 1. The molecule has 0 spiro atoms. The van der Waals surface area contributed by atoms with E-state index >= 15 is 0 Å². The van der Waals surface area contributed by atoms with Crippen molar-refractivity contribution in [2.24, 2.45) is 0 Å². The monoisotopic (exact) mass is 367 g/mol. The molecule has 0 unspecified atom stereocenters. The van der Waals surface area contributed by atoms with Crippen LogP contribution in [0.2, 0.25) is 0 Å². The van der Waals surface area contributed by atoms with E-state index in [0.29, 0.717) is 25.2 Å². The molecule has 3 N–H and O–H groups in total. The predicted molar refractivity (Wildman–Crippen MR) is 111 cm³/mol. The molecule has 0 radical (unpaired) electrons. The van der Waals surface area contributed by atoms with Crippen LogP contribution in [-0.2, 0) is 11.2 Å². The zero-order valence-corrected chi connectivity index (χ0v) is 16.0. The SMILES string of the molecule is CCCCNc1ccc(CC(=O)N2CCN(c3ncccc3N)CC2)cc1. The summed E-state index contributed by atoms with van der Waals surface area (Å²) in [4.78, 5) is 21.1. The molecule has 0 aliphatic carbocycles. The summed E-state index contributed by atoms with van der Waals surface area (Å²) >= 11 is 0. The summed E-state index contributed by atoms with van der Waals surface area (Å²) in [5.74, 6) is 0.992. The van der Waals surface area contributed by atoms with Gasteiger partial charge in [-0.25, -0.2) is 4.98 Å². The van der Waals surface area contributed by atoms with E-state index in [2.05, 4.69) is 34.3 Å². The highest BCUT2D eigenvalue weighted by atomic mass is 16.2. The summed E-state index contributed by atoms with van der Waals surface area (Å²) in [7, 11) is 0. The molecule has 1 aromatic heterocycles. The van der Waals surface area contributed by atoms with Crippen molar-refractivity contribution >= 4 is 23.1 Å². The Hall–Kier alpha value is -2.76. The van der Waals surface area contributed by atoms with Crippen LogP contribution in [0.1, 0.15) is 25.3 Å². The van der Waals surface area contributed by atoms with Gasteiger partial charge in [-0.1, -0.05) is 25.5 Å². The van der Waals surface area contributed by atoms with Crippen molar-refractivity contribution < 1.29 is 4.79 Å². The minimum Gasteiger partial charge on any atom is -0.396 e. The van der Waals surface area contributed by atoms with E-state index in [4.69, 9.17) is 5.73 Å². The first-order valence-electron chi connectivity index (χ1n) is 9.73. The van der Waals surface area contributed by atoms with Crippen LogP contribution in [0.3, 0.4) is 0 Å².